The summed E-state index contributed by atoms with van der Waals surface area (Å²) in [5.41, 5.74) is 3.86. The molecule has 0 saturated carbocycles. The van der Waals surface area contributed by atoms with Crippen molar-refractivity contribution >= 4 is 11.0 Å². The largest absolute Gasteiger partial charge is 0.449 e. The van der Waals surface area contributed by atoms with Gasteiger partial charge >= 0.3 is 6.18 Å². The molecular formula is C22H15F3N6. The molecule has 1 N–H and O–H groups in total. The zero-order valence-electron chi connectivity index (χ0n) is 16.0. The first-order valence-corrected chi connectivity index (χ1v) is 9.45. The van der Waals surface area contributed by atoms with E-state index in [0.717, 1.165) is 11.1 Å². The molecule has 31 heavy (non-hydrogen) atoms. The second-order valence-corrected chi connectivity index (χ2v) is 6.99. The van der Waals surface area contributed by atoms with Crippen LogP contribution < -0.4 is 0 Å². The van der Waals surface area contributed by atoms with E-state index >= 15 is 0 Å². The van der Waals surface area contributed by atoms with E-state index in [-0.39, 0.29) is 6.54 Å². The first-order valence-electron chi connectivity index (χ1n) is 9.45. The smallest absolute Gasteiger partial charge is 0.316 e. The van der Waals surface area contributed by atoms with E-state index in [1.165, 1.54) is 4.57 Å². The summed E-state index contributed by atoms with van der Waals surface area (Å²) in [5, 5.41) is 14.2. The number of halogens is 3. The molecule has 0 amide bonds. The van der Waals surface area contributed by atoms with E-state index in [2.05, 4.69) is 25.6 Å². The number of alkyl halides is 3. The Kier molecular flexibility index (Phi) is 4.50. The number of aromatic amines is 1. The van der Waals surface area contributed by atoms with Gasteiger partial charge in [0.05, 0.1) is 11.0 Å². The van der Waals surface area contributed by atoms with Crippen LogP contribution >= 0.6 is 0 Å². The summed E-state index contributed by atoms with van der Waals surface area (Å²) >= 11 is 0. The van der Waals surface area contributed by atoms with Gasteiger partial charge in [-0.15, -0.1) is 10.2 Å². The highest BCUT2D eigenvalue weighted by Crippen LogP contribution is 2.34. The van der Waals surface area contributed by atoms with E-state index < -0.39 is 12.0 Å². The Morgan fingerprint density at radius 1 is 0.871 bits per heavy atom. The summed E-state index contributed by atoms with van der Waals surface area (Å²) in [6.45, 7) is -0.00468. The lowest BCUT2D eigenvalue weighted by Gasteiger charge is -2.14. The van der Waals surface area contributed by atoms with Gasteiger partial charge in [-0.25, -0.2) is 4.98 Å². The molecule has 3 aromatic carbocycles. The lowest BCUT2D eigenvalue weighted by atomic mass is 9.97. The number of tetrazole rings is 1. The van der Waals surface area contributed by atoms with Crippen molar-refractivity contribution in [2.24, 2.45) is 0 Å². The number of nitrogens with zero attached hydrogens (tertiary/aromatic N) is 5. The third-order valence-corrected chi connectivity index (χ3v) is 5.00. The van der Waals surface area contributed by atoms with Gasteiger partial charge in [0.25, 0.3) is 0 Å². The number of hydrogen-bond donors (Lipinski definition) is 1. The fourth-order valence-electron chi connectivity index (χ4n) is 3.65. The molecule has 0 bridgehead atoms. The molecule has 0 aliphatic heterocycles. The molecule has 0 aliphatic rings. The van der Waals surface area contributed by atoms with E-state index in [1.807, 2.05) is 36.4 Å². The molecule has 5 rings (SSSR count). The Hall–Kier alpha value is -4.01. The van der Waals surface area contributed by atoms with Crippen molar-refractivity contribution in [1.29, 1.82) is 0 Å². The molecule has 0 fully saturated rings. The molecule has 0 radical (unpaired) electrons. The minimum atomic E-state index is -4.57. The standard InChI is InChI=1S/C22H15F3N6/c23-22(24,25)21-26-18-8-4-5-9-19(18)31(21)13-14-10-11-16(15-6-2-1-3-7-15)17(12-14)20-27-29-30-28-20/h1-12H,13H2,(H,27,28,29,30). The molecular weight excluding hydrogens is 405 g/mol. The van der Waals surface area contributed by atoms with Gasteiger partial charge in [-0.05, 0) is 40.1 Å². The molecule has 154 valence electrons. The molecule has 2 aromatic heterocycles. The molecule has 0 saturated heterocycles. The monoisotopic (exact) mass is 420 g/mol. The highest BCUT2D eigenvalue weighted by atomic mass is 19.4. The van der Waals surface area contributed by atoms with Gasteiger partial charge < -0.3 is 4.57 Å². The van der Waals surface area contributed by atoms with Crippen molar-refractivity contribution < 1.29 is 13.2 Å². The SMILES string of the molecule is FC(F)(F)c1nc2ccccc2n1Cc1ccc(-c2ccccc2)c(-c2nn[nH]n2)c1. The molecule has 9 heteroatoms. The highest BCUT2D eigenvalue weighted by Gasteiger charge is 2.37. The summed E-state index contributed by atoms with van der Waals surface area (Å²) in [7, 11) is 0. The van der Waals surface area contributed by atoms with E-state index in [0.29, 0.717) is 28.0 Å². The van der Waals surface area contributed by atoms with E-state index in [4.69, 9.17) is 0 Å². The molecule has 2 heterocycles. The number of benzene rings is 3. The van der Waals surface area contributed by atoms with Crippen LogP contribution in [0.3, 0.4) is 0 Å². The predicted octanol–water partition coefficient (Wildman–Crippen LogP) is 4.95. The second-order valence-electron chi connectivity index (χ2n) is 6.99. The van der Waals surface area contributed by atoms with Crippen molar-refractivity contribution in [3.63, 3.8) is 0 Å². The third-order valence-electron chi connectivity index (χ3n) is 5.00. The number of para-hydroxylation sites is 2. The predicted molar refractivity (Wildman–Crippen MR) is 109 cm³/mol. The number of aromatic nitrogens is 6. The fraction of sp³-hybridized carbons (Fsp3) is 0.0909. The maximum atomic E-state index is 13.7. The van der Waals surface area contributed by atoms with Gasteiger partial charge in [0.1, 0.15) is 0 Å². The average Bonchev–Trinajstić information content (AvgIpc) is 3.43. The Bertz CT molecular complexity index is 1340. The number of H-pyrrole nitrogens is 1. The van der Waals surface area contributed by atoms with Crippen molar-refractivity contribution in [3.8, 4) is 22.5 Å². The minimum Gasteiger partial charge on any atom is -0.316 e. The van der Waals surface area contributed by atoms with Crippen LogP contribution in [0.2, 0.25) is 0 Å². The Morgan fingerprint density at radius 2 is 1.65 bits per heavy atom. The van der Waals surface area contributed by atoms with Crippen LogP contribution in [0, 0.1) is 0 Å². The van der Waals surface area contributed by atoms with Gasteiger partial charge in [-0.3, -0.25) is 0 Å². The maximum absolute atomic E-state index is 13.7. The molecule has 5 aromatic rings. The maximum Gasteiger partial charge on any atom is 0.449 e. The molecule has 0 aliphatic carbocycles. The minimum absolute atomic E-state index is 0.00468. The average molecular weight is 420 g/mol. The second kappa shape index (κ2) is 7.35. The lowest BCUT2D eigenvalue weighted by Crippen LogP contribution is -2.15. The number of hydrogen-bond acceptors (Lipinski definition) is 4. The van der Waals surface area contributed by atoms with Crippen LogP contribution in [0.15, 0.2) is 72.8 Å². The van der Waals surface area contributed by atoms with Crippen LogP contribution in [-0.4, -0.2) is 30.2 Å². The van der Waals surface area contributed by atoms with Crippen LogP contribution in [0.25, 0.3) is 33.5 Å². The summed E-state index contributed by atoms with van der Waals surface area (Å²) in [6.07, 6.45) is -4.57. The van der Waals surface area contributed by atoms with Crippen molar-refractivity contribution in [1.82, 2.24) is 30.2 Å². The first kappa shape index (κ1) is 19.0. The summed E-state index contributed by atoms with van der Waals surface area (Å²) < 4.78 is 42.2. The van der Waals surface area contributed by atoms with Crippen molar-refractivity contribution in [2.45, 2.75) is 12.7 Å². The first-order chi connectivity index (χ1) is 15.0. The van der Waals surface area contributed by atoms with Crippen LogP contribution in [0.1, 0.15) is 11.4 Å². The number of nitrogens with one attached hydrogen (secondary N) is 1. The zero-order valence-corrected chi connectivity index (χ0v) is 16.0. The quantitative estimate of drug-likeness (QED) is 0.447. The molecule has 0 unspecified atom stereocenters. The number of imidazole rings is 1. The van der Waals surface area contributed by atoms with Gasteiger partial charge in [0.15, 0.2) is 0 Å². The highest BCUT2D eigenvalue weighted by molar-refractivity contribution is 5.81. The lowest BCUT2D eigenvalue weighted by molar-refractivity contribution is -0.146. The van der Waals surface area contributed by atoms with Gasteiger partial charge in [-0.1, -0.05) is 54.6 Å². The van der Waals surface area contributed by atoms with Gasteiger partial charge in [0, 0.05) is 12.1 Å². The topological polar surface area (TPSA) is 72.3 Å². The van der Waals surface area contributed by atoms with Crippen molar-refractivity contribution in [2.75, 3.05) is 0 Å². The van der Waals surface area contributed by atoms with Gasteiger partial charge in [0.2, 0.25) is 11.6 Å². The summed E-state index contributed by atoms with van der Waals surface area (Å²) in [4.78, 5) is 3.82. The Morgan fingerprint density at radius 3 is 2.39 bits per heavy atom. The Balaban J connectivity index is 1.64. The van der Waals surface area contributed by atoms with Crippen molar-refractivity contribution in [3.05, 3.63) is 84.2 Å². The van der Waals surface area contributed by atoms with E-state index in [1.54, 1.807) is 36.4 Å². The van der Waals surface area contributed by atoms with Crippen LogP contribution in [0.5, 0.6) is 0 Å². The molecule has 0 atom stereocenters. The van der Waals surface area contributed by atoms with Crippen LogP contribution in [-0.2, 0) is 12.7 Å². The summed E-state index contributed by atoms with van der Waals surface area (Å²) in [5.74, 6) is -0.561. The van der Waals surface area contributed by atoms with E-state index in [9.17, 15) is 13.2 Å². The number of fused-ring (bicyclic) bond motifs is 1. The van der Waals surface area contributed by atoms with Crippen LogP contribution in [0.4, 0.5) is 13.2 Å². The van der Waals surface area contributed by atoms with Gasteiger partial charge in [-0.2, -0.15) is 18.4 Å². The number of rotatable bonds is 4. The fourth-order valence-corrected chi connectivity index (χ4v) is 3.65. The molecule has 6 nitrogen and oxygen atoms in total. The normalized spacial score (nSPS) is 11.8. The summed E-state index contributed by atoms with van der Waals surface area (Å²) in [6, 6.07) is 21.7. The zero-order chi connectivity index (χ0) is 21.4. The molecule has 0 spiro atoms. The Labute approximate surface area is 174 Å². The third kappa shape index (κ3) is 3.54.